The van der Waals surface area contributed by atoms with E-state index in [0.29, 0.717) is 5.75 Å². The van der Waals surface area contributed by atoms with Crippen LogP contribution in [0.3, 0.4) is 0 Å². The van der Waals surface area contributed by atoms with Gasteiger partial charge in [0.25, 0.3) is 5.89 Å². The SMILES string of the molecule is COc1cc(C(=O)OCc2nc(-c3cccc(C(F)(F)F)c3)no2)cc(OC)c1OC. The van der Waals surface area contributed by atoms with E-state index < -0.39 is 17.7 Å². The lowest BCUT2D eigenvalue weighted by Crippen LogP contribution is -2.07. The van der Waals surface area contributed by atoms with Crippen molar-refractivity contribution in [2.24, 2.45) is 0 Å². The second-order valence-electron chi connectivity index (χ2n) is 6.08. The molecule has 1 aromatic heterocycles. The number of nitrogens with zero attached hydrogens (tertiary/aromatic N) is 2. The Morgan fingerprint density at radius 3 is 2.29 bits per heavy atom. The molecule has 0 atom stereocenters. The summed E-state index contributed by atoms with van der Waals surface area (Å²) in [6, 6.07) is 7.29. The summed E-state index contributed by atoms with van der Waals surface area (Å²) >= 11 is 0. The second kappa shape index (κ2) is 8.94. The van der Waals surface area contributed by atoms with Gasteiger partial charge in [-0.3, -0.25) is 0 Å². The fourth-order valence-electron chi connectivity index (χ4n) is 2.67. The number of carbonyl (C=O) groups is 1. The van der Waals surface area contributed by atoms with Crippen LogP contribution in [0.4, 0.5) is 13.2 Å². The Hall–Kier alpha value is -3.76. The molecule has 0 unspecified atom stereocenters. The number of halogens is 3. The van der Waals surface area contributed by atoms with Crippen LogP contribution in [0.15, 0.2) is 40.9 Å². The van der Waals surface area contributed by atoms with Crippen LogP contribution in [0.5, 0.6) is 17.2 Å². The summed E-state index contributed by atoms with van der Waals surface area (Å²) in [5.74, 6) is -0.0581. The number of aromatic nitrogens is 2. The predicted octanol–water partition coefficient (Wildman–Crippen LogP) is 4.14. The molecule has 0 aliphatic heterocycles. The maximum Gasteiger partial charge on any atom is 0.416 e. The Bertz CT molecular complexity index is 1060. The number of esters is 1. The highest BCUT2D eigenvalue weighted by Gasteiger charge is 2.30. The highest BCUT2D eigenvalue weighted by Crippen LogP contribution is 2.38. The molecule has 0 radical (unpaired) electrons. The van der Waals surface area contributed by atoms with E-state index in [9.17, 15) is 18.0 Å². The summed E-state index contributed by atoms with van der Waals surface area (Å²) in [4.78, 5) is 16.4. The van der Waals surface area contributed by atoms with Gasteiger partial charge in [-0.1, -0.05) is 17.3 Å². The van der Waals surface area contributed by atoms with Crippen molar-refractivity contribution in [1.29, 1.82) is 0 Å². The van der Waals surface area contributed by atoms with Crippen LogP contribution < -0.4 is 14.2 Å². The molecule has 0 saturated carbocycles. The van der Waals surface area contributed by atoms with Gasteiger partial charge in [-0.15, -0.1) is 0 Å². The topological polar surface area (TPSA) is 92.9 Å². The van der Waals surface area contributed by atoms with E-state index in [2.05, 4.69) is 10.1 Å². The molecule has 0 fully saturated rings. The summed E-state index contributed by atoms with van der Waals surface area (Å²) in [5, 5.41) is 3.64. The summed E-state index contributed by atoms with van der Waals surface area (Å²) in [7, 11) is 4.23. The van der Waals surface area contributed by atoms with Crippen LogP contribution in [0.1, 0.15) is 21.8 Å². The number of ether oxygens (including phenoxy) is 4. The summed E-state index contributed by atoms with van der Waals surface area (Å²) in [5.41, 5.74) is -0.613. The minimum atomic E-state index is -4.50. The number of hydrogen-bond acceptors (Lipinski definition) is 8. The van der Waals surface area contributed by atoms with Crippen molar-refractivity contribution < 1.29 is 41.4 Å². The average molecular weight is 438 g/mol. The predicted molar refractivity (Wildman–Crippen MR) is 100.0 cm³/mol. The number of carbonyl (C=O) groups excluding carboxylic acids is 1. The first-order chi connectivity index (χ1) is 14.8. The van der Waals surface area contributed by atoms with Crippen molar-refractivity contribution in [3.05, 3.63) is 53.4 Å². The van der Waals surface area contributed by atoms with Crippen molar-refractivity contribution in [2.45, 2.75) is 12.8 Å². The molecule has 0 aliphatic carbocycles. The smallest absolute Gasteiger partial charge is 0.416 e. The standard InChI is InChI=1S/C20H17F3N2O6/c1-27-14-8-12(9-15(28-2)17(14)29-3)19(26)30-10-16-24-18(25-31-16)11-5-4-6-13(7-11)20(21,22)23/h4-9H,10H2,1-3H3. The minimum absolute atomic E-state index is 0.0649. The molecule has 164 valence electrons. The zero-order valence-electron chi connectivity index (χ0n) is 16.6. The first-order valence-electron chi connectivity index (χ1n) is 8.74. The van der Waals surface area contributed by atoms with E-state index in [1.807, 2.05) is 0 Å². The number of hydrogen-bond donors (Lipinski definition) is 0. The lowest BCUT2D eigenvalue weighted by atomic mass is 10.1. The van der Waals surface area contributed by atoms with Gasteiger partial charge in [0.1, 0.15) is 0 Å². The van der Waals surface area contributed by atoms with Gasteiger partial charge in [0.05, 0.1) is 32.5 Å². The quantitative estimate of drug-likeness (QED) is 0.509. The summed E-state index contributed by atoms with van der Waals surface area (Å²) in [6.45, 7) is -0.387. The number of benzene rings is 2. The second-order valence-corrected chi connectivity index (χ2v) is 6.08. The zero-order chi connectivity index (χ0) is 22.6. The maximum atomic E-state index is 12.9. The van der Waals surface area contributed by atoms with Crippen LogP contribution in [-0.4, -0.2) is 37.4 Å². The molecule has 0 aliphatic rings. The fraction of sp³-hybridized carbons (Fsp3) is 0.250. The number of methoxy groups -OCH3 is 3. The molecule has 11 heteroatoms. The van der Waals surface area contributed by atoms with Gasteiger partial charge in [0.2, 0.25) is 11.6 Å². The van der Waals surface area contributed by atoms with Crippen LogP contribution in [0, 0.1) is 0 Å². The molecule has 0 saturated heterocycles. The van der Waals surface area contributed by atoms with E-state index in [-0.39, 0.29) is 40.9 Å². The Balaban J connectivity index is 1.73. The summed E-state index contributed by atoms with van der Waals surface area (Å²) in [6.07, 6.45) is -4.50. The first-order valence-corrected chi connectivity index (χ1v) is 8.74. The molecule has 8 nitrogen and oxygen atoms in total. The largest absolute Gasteiger partial charge is 0.493 e. The summed E-state index contributed by atoms with van der Waals surface area (Å²) < 4.78 is 64.3. The molecule has 0 bridgehead atoms. The minimum Gasteiger partial charge on any atom is -0.493 e. The van der Waals surface area contributed by atoms with Crippen LogP contribution >= 0.6 is 0 Å². The molecule has 0 amide bonds. The van der Waals surface area contributed by atoms with Crippen LogP contribution in [-0.2, 0) is 17.5 Å². The molecule has 0 N–H and O–H groups in total. The number of rotatable bonds is 7. The molecule has 31 heavy (non-hydrogen) atoms. The normalized spacial score (nSPS) is 11.2. The molecule has 3 aromatic rings. The van der Waals surface area contributed by atoms with E-state index in [1.54, 1.807) is 0 Å². The van der Waals surface area contributed by atoms with Gasteiger partial charge in [0, 0.05) is 5.56 Å². The Morgan fingerprint density at radius 1 is 1.03 bits per heavy atom. The Morgan fingerprint density at radius 2 is 1.71 bits per heavy atom. The third kappa shape index (κ3) is 4.87. The van der Waals surface area contributed by atoms with Crippen molar-refractivity contribution in [1.82, 2.24) is 10.1 Å². The van der Waals surface area contributed by atoms with Gasteiger partial charge in [-0.2, -0.15) is 18.2 Å². The Kier molecular flexibility index (Phi) is 6.33. The van der Waals surface area contributed by atoms with Crippen LogP contribution in [0.2, 0.25) is 0 Å². The Labute approximate surface area is 174 Å². The van der Waals surface area contributed by atoms with Gasteiger partial charge in [-0.25, -0.2) is 4.79 Å². The third-order valence-corrected chi connectivity index (χ3v) is 4.14. The lowest BCUT2D eigenvalue weighted by molar-refractivity contribution is -0.137. The van der Waals surface area contributed by atoms with E-state index in [4.69, 9.17) is 23.5 Å². The highest BCUT2D eigenvalue weighted by atomic mass is 19.4. The molecular formula is C20H17F3N2O6. The lowest BCUT2D eigenvalue weighted by Gasteiger charge is -2.13. The molecule has 2 aromatic carbocycles. The molecule has 0 spiro atoms. The van der Waals surface area contributed by atoms with Gasteiger partial charge in [-0.05, 0) is 24.3 Å². The average Bonchev–Trinajstić information content (AvgIpc) is 3.25. The van der Waals surface area contributed by atoms with Crippen molar-refractivity contribution in [3.63, 3.8) is 0 Å². The van der Waals surface area contributed by atoms with Crippen molar-refractivity contribution >= 4 is 5.97 Å². The van der Waals surface area contributed by atoms with Gasteiger partial charge < -0.3 is 23.5 Å². The third-order valence-electron chi connectivity index (χ3n) is 4.14. The van der Waals surface area contributed by atoms with E-state index in [1.165, 1.54) is 45.6 Å². The van der Waals surface area contributed by atoms with E-state index >= 15 is 0 Å². The molecule has 3 rings (SSSR count). The maximum absolute atomic E-state index is 12.9. The highest BCUT2D eigenvalue weighted by molar-refractivity contribution is 5.91. The van der Waals surface area contributed by atoms with Crippen molar-refractivity contribution in [3.8, 4) is 28.6 Å². The van der Waals surface area contributed by atoms with Crippen molar-refractivity contribution in [2.75, 3.05) is 21.3 Å². The van der Waals surface area contributed by atoms with Gasteiger partial charge in [0.15, 0.2) is 18.1 Å². The number of alkyl halides is 3. The van der Waals surface area contributed by atoms with Crippen LogP contribution in [0.25, 0.3) is 11.4 Å². The van der Waals surface area contributed by atoms with Gasteiger partial charge >= 0.3 is 12.1 Å². The monoisotopic (exact) mass is 438 g/mol. The molecular weight excluding hydrogens is 421 g/mol. The fourth-order valence-corrected chi connectivity index (χ4v) is 2.67. The molecule has 1 heterocycles. The first kappa shape index (κ1) is 21.9. The zero-order valence-corrected chi connectivity index (χ0v) is 16.6. The van der Waals surface area contributed by atoms with E-state index in [0.717, 1.165) is 12.1 Å².